The molecule has 0 unspecified atom stereocenters. The number of aliphatic imine (C=N–C) groups is 1. The van der Waals surface area contributed by atoms with Crippen LogP contribution in [0, 0.1) is 0 Å². The first kappa shape index (κ1) is 24.9. The molecule has 0 radical (unpaired) electrons. The molecule has 2 N–H and O–H groups in total. The molecule has 5 nitrogen and oxygen atoms in total. The summed E-state index contributed by atoms with van der Waals surface area (Å²) in [5, 5.41) is 6.33. The number of alkyl halides is 3. The summed E-state index contributed by atoms with van der Waals surface area (Å²) in [6.07, 6.45) is -3.55. The highest BCUT2D eigenvalue weighted by molar-refractivity contribution is 14.0. The number of hydrogen-bond donors (Lipinski definition) is 2. The Balaban J connectivity index is 0.00000420. The molecule has 0 fully saturated rings. The number of methoxy groups -OCH3 is 1. The van der Waals surface area contributed by atoms with Gasteiger partial charge in [0.25, 0.3) is 0 Å². The van der Waals surface area contributed by atoms with Crippen LogP contribution in [0.2, 0.25) is 0 Å². The normalized spacial score (nSPS) is 11.4. The van der Waals surface area contributed by atoms with Gasteiger partial charge in [-0.05, 0) is 41.8 Å². The first-order chi connectivity index (χ1) is 13.4. The molecular formula is C20H25F3IN3O2. The van der Waals surface area contributed by atoms with Crippen LogP contribution < -0.4 is 20.1 Å². The number of guanidine groups is 1. The van der Waals surface area contributed by atoms with E-state index in [1.54, 1.807) is 32.4 Å². The van der Waals surface area contributed by atoms with Crippen molar-refractivity contribution in [3.63, 3.8) is 0 Å². The Morgan fingerprint density at radius 3 is 2.34 bits per heavy atom. The molecule has 9 heteroatoms. The molecule has 2 aromatic carbocycles. The maximum atomic E-state index is 12.3. The predicted molar refractivity (Wildman–Crippen MR) is 118 cm³/mol. The lowest BCUT2D eigenvalue weighted by atomic mass is 10.1. The van der Waals surface area contributed by atoms with Crippen molar-refractivity contribution in [3.05, 3.63) is 59.7 Å². The van der Waals surface area contributed by atoms with Gasteiger partial charge in [0.15, 0.2) is 12.6 Å². The smallest absolute Gasteiger partial charge is 0.422 e. The standard InChI is InChI=1S/C20H24F3N3O2.HI/c1-24-19(25-11-10-15-6-8-17(27-2)9-7-15)26-13-16-4-3-5-18(12-16)28-14-20(21,22)23;/h3-9,12H,10-11,13-14H2,1-2H3,(H2,24,25,26);1H. The zero-order chi connectivity index (χ0) is 20.4. The average Bonchev–Trinajstić information content (AvgIpc) is 2.69. The van der Waals surface area contributed by atoms with Gasteiger partial charge in [0.2, 0.25) is 0 Å². The molecule has 0 bridgehead atoms. The first-order valence-electron chi connectivity index (χ1n) is 8.75. The summed E-state index contributed by atoms with van der Waals surface area (Å²) in [4.78, 5) is 4.15. The fraction of sp³-hybridized carbons (Fsp3) is 0.350. The van der Waals surface area contributed by atoms with E-state index in [4.69, 9.17) is 9.47 Å². The SMILES string of the molecule is CN=C(NCCc1ccc(OC)cc1)NCc1cccc(OCC(F)(F)F)c1.I. The van der Waals surface area contributed by atoms with Gasteiger partial charge in [0, 0.05) is 20.1 Å². The van der Waals surface area contributed by atoms with E-state index < -0.39 is 12.8 Å². The number of hydrogen-bond acceptors (Lipinski definition) is 3. The molecule has 0 aromatic heterocycles. The van der Waals surface area contributed by atoms with Crippen LogP contribution in [0.15, 0.2) is 53.5 Å². The van der Waals surface area contributed by atoms with Crippen LogP contribution >= 0.6 is 24.0 Å². The number of ether oxygens (including phenoxy) is 2. The lowest BCUT2D eigenvalue weighted by Gasteiger charge is -2.13. The van der Waals surface area contributed by atoms with Gasteiger partial charge in [-0.15, -0.1) is 24.0 Å². The zero-order valence-electron chi connectivity index (χ0n) is 16.3. The molecule has 160 valence electrons. The molecule has 2 rings (SSSR count). The van der Waals surface area contributed by atoms with Gasteiger partial charge in [-0.2, -0.15) is 13.2 Å². The van der Waals surface area contributed by atoms with Crippen molar-refractivity contribution in [2.24, 2.45) is 4.99 Å². The number of halogens is 4. The van der Waals surface area contributed by atoms with Crippen molar-refractivity contribution in [2.75, 3.05) is 27.3 Å². The van der Waals surface area contributed by atoms with Gasteiger partial charge >= 0.3 is 6.18 Å². The Morgan fingerprint density at radius 1 is 1.00 bits per heavy atom. The molecule has 29 heavy (non-hydrogen) atoms. The van der Waals surface area contributed by atoms with Gasteiger partial charge < -0.3 is 20.1 Å². The summed E-state index contributed by atoms with van der Waals surface area (Å²) >= 11 is 0. The molecule has 0 aliphatic rings. The van der Waals surface area contributed by atoms with Crippen LogP contribution in [0.1, 0.15) is 11.1 Å². The second kappa shape index (κ2) is 12.4. The van der Waals surface area contributed by atoms with Gasteiger partial charge in [-0.3, -0.25) is 4.99 Å². The van der Waals surface area contributed by atoms with Crippen LogP contribution in [-0.2, 0) is 13.0 Å². The van der Waals surface area contributed by atoms with E-state index in [1.807, 2.05) is 24.3 Å². The molecule has 0 saturated carbocycles. The number of rotatable bonds is 8. The Hall–Kier alpha value is -2.17. The summed E-state index contributed by atoms with van der Waals surface area (Å²) in [6.45, 7) is -0.218. The first-order valence-corrected chi connectivity index (χ1v) is 8.75. The molecular weight excluding hydrogens is 498 g/mol. The third-order valence-electron chi connectivity index (χ3n) is 3.85. The van der Waals surface area contributed by atoms with Crippen molar-refractivity contribution in [1.29, 1.82) is 0 Å². The van der Waals surface area contributed by atoms with Gasteiger partial charge in [-0.25, -0.2) is 0 Å². The second-order valence-corrected chi connectivity index (χ2v) is 6.00. The Labute approximate surface area is 185 Å². The number of nitrogens with one attached hydrogen (secondary N) is 2. The predicted octanol–water partition coefficient (Wildman–Crippen LogP) is 4.16. The highest BCUT2D eigenvalue weighted by Crippen LogP contribution is 2.19. The lowest BCUT2D eigenvalue weighted by Crippen LogP contribution is -2.37. The molecule has 0 heterocycles. The third-order valence-corrected chi connectivity index (χ3v) is 3.85. The van der Waals surface area contributed by atoms with Crippen LogP contribution in [0.3, 0.4) is 0 Å². The molecule has 2 aromatic rings. The minimum Gasteiger partial charge on any atom is -0.497 e. The van der Waals surface area contributed by atoms with Crippen molar-refractivity contribution < 1.29 is 22.6 Å². The van der Waals surface area contributed by atoms with E-state index in [-0.39, 0.29) is 29.7 Å². The molecule has 0 aliphatic heterocycles. The summed E-state index contributed by atoms with van der Waals surface area (Å²) in [7, 11) is 3.29. The molecule has 0 spiro atoms. The minimum absolute atomic E-state index is 0. The quantitative estimate of drug-likeness (QED) is 0.310. The fourth-order valence-electron chi connectivity index (χ4n) is 2.43. The van der Waals surface area contributed by atoms with E-state index in [9.17, 15) is 13.2 Å². The Morgan fingerprint density at radius 2 is 1.72 bits per heavy atom. The topological polar surface area (TPSA) is 54.9 Å². The van der Waals surface area contributed by atoms with Gasteiger partial charge in [0.1, 0.15) is 11.5 Å². The van der Waals surface area contributed by atoms with Gasteiger partial charge in [-0.1, -0.05) is 24.3 Å². The monoisotopic (exact) mass is 523 g/mol. The minimum atomic E-state index is -4.36. The Kier molecular flexibility index (Phi) is 10.6. The molecule has 0 amide bonds. The number of benzene rings is 2. The van der Waals surface area contributed by atoms with Crippen molar-refractivity contribution in [1.82, 2.24) is 10.6 Å². The summed E-state index contributed by atoms with van der Waals surface area (Å²) < 4.78 is 46.7. The largest absolute Gasteiger partial charge is 0.497 e. The van der Waals surface area contributed by atoms with E-state index in [0.717, 1.165) is 17.7 Å². The molecule has 0 atom stereocenters. The second-order valence-electron chi connectivity index (χ2n) is 6.00. The average molecular weight is 523 g/mol. The van der Waals surface area contributed by atoms with E-state index in [0.29, 0.717) is 19.0 Å². The highest BCUT2D eigenvalue weighted by atomic mass is 127. The maximum Gasteiger partial charge on any atom is 0.422 e. The summed E-state index contributed by atoms with van der Waals surface area (Å²) in [6, 6.07) is 14.4. The lowest BCUT2D eigenvalue weighted by molar-refractivity contribution is -0.153. The van der Waals surface area contributed by atoms with E-state index >= 15 is 0 Å². The van der Waals surface area contributed by atoms with Crippen LogP contribution in [0.4, 0.5) is 13.2 Å². The molecule has 0 aliphatic carbocycles. The van der Waals surface area contributed by atoms with E-state index in [2.05, 4.69) is 15.6 Å². The van der Waals surface area contributed by atoms with Crippen LogP contribution in [-0.4, -0.2) is 39.4 Å². The van der Waals surface area contributed by atoms with Gasteiger partial charge in [0.05, 0.1) is 7.11 Å². The third kappa shape index (κ3) is 9.73. The zero-order valence-corrected chi connectivity index (χ0v) is 18.6. The van der Waals surface area contributed by atoms with Crippen LogP contribution in [0.25, 0.3) is 0 Å². The van der Waals surface area contributed by atoms with E-state index in [1.165, 1.54) is 11.6 Å². The number of nitrogens with zero attached hydrogens (tertiary/aromatic N) is 1. The fourth-order valence-corrected chi connectivity index (χ4v) is 2.43. The summed E-state index contributed by atoms with van der Waals surface area (Å²) in [5.41, 5.74) is 1.95. The maximum absolute atomic E-state index is 12.3. The molecule has 0 saturated heterocycles. The van der Waals surface area contributed by atoms with Crippen molar-refractivity contribution in [3.8, 4) is 11.5 Å². The van der Waals surface area contributed by atoms with Crippen molar-refractivity contribution in [2.45, 2.75) is 19.1 Å². The Bertz CT molecular complexity index is 768. The summed E-state index contributed by atoms with van der Waals surface area (Å²) in [5.74, 6) is 1.60. The van der Waals surface area contributed by atoms with Crippen LogP contribution in [0.5, 0.6) is 11.5 Å². The van der Waals surface area contributed by atoms with Crippen molar-refractivity contribution >= 4 is 29.9 Å². The highest BCUT2D eigenvalue weighted by Gasteiger charge is 2.28.